The first-order valence-electron chi connectivity index (χ1n) is 5.21. The summed E-state index contributed by atoms with van der Waals surface area (Å²) in [5.41, 5.74) is 0.514. The molecule has 1 aromatic carbocycles. The summed E-state index contributed by atoms with van der Waals surface area (Å²) >= 11 is 0. The first kappa shape index (κ1) is 12.6. The Balaban J connectivity index is 2.77. The molecular weight excluding hydrogens is 214 g/mol. The van der Waals surface area contributed by atoms with Crippen molar-refractivity contribution in [2.24, 2.45) is 5.92 Å². The average molecular weight is 228 g/mol. The van der Waals surface area contributed by atoms with Gasteiger partial charge in [-0.05, 0) is 30.5 Å². The molecule has 1 aromatic rings. The highest BCUT2D eigenvalue weighted by Gasteiger charge is 2.17. The molecule has 88 valence electrons. The van der Waals surface area contributed by atoms with E-state index in [1.807, 2.05) is 6.92 Å². The molecule has 0 radical (unpaired) electrons. The Labute approximate surface area is 92.9 Å². The molecule has 0 aromatic heterocycles. The number of aliphatic carboxylic acids is 1. The summed E-state index contributed by atoms with van der Waals surface area (Å²) in [6.45, 7) is 1.89. The molecule has 16 heavy (non-hydrogen) atoms. The van der Waals surface area contributed by atoms with Gasteiger partial charge >= 0.3 is 5.97 Å². The van der Waals surface area contributed by atoms with Crippen molar-refractivity contribution in [3.05, 3.63) is 35.4 Å². The molecule has 2 nitrogen and oxygen atoms in total. The normalized spacial score (nSPS) is 12.4. The molecule has 0 aliphatic carbocycles. The number of rotatable bonds is 5. The summed E-state index contributed by atoms with van der Waals surface area (Å²) in [4.78, 5) is 10.9. The van der Waals surface area contributed by atoms with Crippen molar-refractivity contribution < 1.29 is 18.7 Å². The smallest absolute Gasteiger partial charge is 0.306 e. The molecule has 0 fully saturated rings. The van der Waals surface area contributed by atoms with Crippen LogP contribution in [0.15, 0.2) is 18.2 Å². The van der Waals surface area contributed by atoms with Crippen LogP contribution >= 0.6 is 0 Å². The first-order valence-corrected chi connectivity index (χ1v) is 5.21. The van der Waals surface area contributed by atoms with E-state index in [0.717, 1.165) is 18.6 Å². The van der Waals surface area contributed by atoms with Crippen LogP contribution in [0.3, 0.4) is 0 Å². The van der Waals surface area contributed by atoms with Crippen LogP contribution < -0.4 is 0 Å². The first-order chi connectivity index (χ1) is 7.54. The molecule has 0 spiro atoms. The lowest BCUT2D eigenvalue weighted by Gasteiger charge is -2.11. The molecule has 1 atom stereocenters. The third kappa shape index (κ3) is 3.29. The van der Waals surface area contributed by atoms with E-state index in [4.69, 9.17) is 5.11 Å². The summed E-state index contributed by atoms with van der Waals surface area (Å²) in [6, 6.07) is 3.50. The maximum Gasteiger partial charge on any atom is 0.306 e. The minimum atomic E-state index is -0.932. The summed E-state index contributed by atoms with van der Waals surface area (Å²) in [5.74, 6) is -3.27. The minimum Gasteiger partial charge on any atom is -0.481 e. The van der Waals surface area contributed by atoms with Crippen LogP contribution in [0.25, 0.3) is 0 Å². The molecule has 4 heteroatoms. The molecular formula is C12H14F2O2. The monoisotopic (exact) mass is 228 g/mol. The number of hydrogen-bond donors (Lipinski definition) is 1. The molecule has 1 rings (SSSR count). The van der Waals surface area contributed by atoms with Crippen LogP contribution in [0.2, 0.25) is 0 Å². The fourth-order valence-electron chi connectivity index (χ4n) is 1.61. The summed E-state index contributed by atoms with van der Waals surface area (Å²) in [5, 5.41) is 8.92. The maximum atomic E-state index is 12.9. The zero-order chi connectivity index (χ0) is 12.1. The molecule has 0 bridgehead atoms. The van der Waals surface area contributed by atoms with Gasteiger partial charge in [0.2, 0.25) is 0 Å². The predicted molar refractivity (Wildman–Crippen MR) is 56.1 cm³/mol. The van der Waals surface area contributed by atoms with E-state index in [1.165, 1.54) is 6.07 Å². The van der Waals surface area contributed by atoms with E-state index in [9.17, 15) is 13.6 Å². The largest absolute Gasteiger partial charge is 0.481 e. The number of halogens is 2. The summed E-state index contributed by atoms with van der Waals surface area (Å²) < 4.78 is 25.5. The Morgan fingerprint density at radius 1 is 1.38 bits per heavy atom. The highest BCUT2D eigenvalue weighted by molar-refractivity contribution is 5.70. The summed E-state index contributed by atoms with van der Waals surface area (Å²) in [7, 11) is 0. The molecule has 0 heterocycles. The van der Waals surface area contributed by atoms with Crippen LogP contribution in [0, 0.1) is 17.6 Å². The number of carboxylic acid groups (broad SMARTS) is 1. The molecule has 0 saturated heterocycles. The van der Waals surface area contributed by atoms with Gasteiger partial charge in [-0.3, -0.25) is 4.79 Å². The Kier molecular flexibility index (Phi) is 4.40. The standard InChI is InChI=1S/C12H14F2O2/c1-2-3-9(12(15)16)6-8-4-5-10(13)11(14)7-8/h4-5,7,9H,2-3,6H2,1H3,(H,15,16). The van der Waals surface area contributed by atoms with Gasteiger partial charge in [0.15, 0.2) is 11.6 Å². The van der Waals surface area contributed by atoms with E-state index >= 15 is 0 Å². The van der Waals surface area contributed by atoms with Gasteiger partial charge in [0.05, 0.1) is 5.92 Å². The van der Waals surface area contributed by atoms with Gasteiger partial charge in [0.25, 0.3) is 0 Å². The molecule has 1 N–H and O–H groups in total. The molecule has 0 amide bonds. The second kappa shape index (κ2) is 5.58. The zero-order valence-electron chi connectivity index (χ0n) is 9.04. The van der Waals surface area contributed by atoms with Crippen molar-refractivity contribution >= 4 is 5.97 Å². The van der Waals surface area contributed by atoms with Gasteiger partial charge < -0.3 is 5.11 Å². The third-order valence-electron chi connectivity index (χ3n) is 2.45. The van der Waals surface area contributed by atoms with Crippen molar-refractivity contribution in [3.8, 4) is 0 Å². The Morgan fingerprint density at radius 2 is 2.06 bits per heavy atom. The second-order valence-corrected chi connectivity index (χ2v) is 3.78. The topological polar surface area (TPSA) is 37.3 Å². The average Bonchev–Trinajstić information content (AvgIpc) is 2.22. The van der Waals surface area contributed by atoms with Crippen molar-refractivity contribution in [1.29, 1.82) is 0 Å². The fraction of sp³-hybridized carbons (Fsp3) is 0.417. The Hall–Kier alpha value is -1.45. The van der Waals surface area contributed by atoms with Gasteiger partial charge in [0, 0.05) is 0 Å². The lowest BCUT2D eigenvalue weighted by Crippen LogP contribution is -2.16. The van der Waals surface area contributed by atoms with Crippen molar-refractivity contribution in [2.45, 2.75) is 26.2 Å². The van der Waals surface area contributed by atoms with Crippen molar-refractivity contribution in [3.63, 3.8) is 0 Å². The van der Waals surface area contributed by atoms with Crippen LogP contribution in [-0.2, 0) is 11.2 Å². The molecule has 0 aliphatic rings. The highest BCUT2D eigenvalue weighted by atomic mass is 19.2. The SMILES string of the molecule is CCCC(Cc1ccc(F)c(F)c1)C(=O)O. The molecule has 1 unspecified atom stereocenters. The predicted octanol–water partition coefficient (Wildman–Crippen LogP) is 3.01. The minimum absolute atomic E-state index is 0.236. The van der Waals surface area contributed by atoms with E-state index in [2.05, 4.69) is 0 Å². The zero-order valence-corrected chi connectivity index (χ0v) is 9.04. The molecule has 0 saturated carbocycles. The van der Waals surface area contributed by atoms with Gasteiger partial charge in [-0.15, -0.1) is 0 Å². The van der Waals surface area contributed by atoms with Crippen molar-refractivity contribution in [2.75, 3.05) is 0 Å². The third-order valence-corrected chi connectivity index (χ3v) is 2.45. The quantitative estimate of drug-likeness (QED) is 0.841. The van der Waals surface area contributed by atoms with Gasteiger partial charge in [-0.1, -0.05) is 19.4 Å². The second-order valence-electron chi connectivity index (χ2n) is 3.78. The Bertz CT molecular complexity index is 377. The van der Waals surface area contributed by atoms with E-state index in [1.54, 1.807) is 0 Å². The van der Waals surface area contributed by atoms with E-state index in [0.29, 0.717) is 12.0 Å². The number of benzene rings is 1. The Morgan fingerprint density at radius 3 is 2.56 bits per heavy atom. The van der Waals surface area contributed by atoms with Crippen LogP contribution in [0.1, 0.15) is 25.3 Å². The lowest BCUT2D eigenvalue weighted by molar-refractivity contribution is -0.141. The maximum absolute atomic E-state index is 12.9. The van der Waals surface area contributed by atoms with Gasteiger partial charge in [-0.25, -0.2) is 8.78 Å². The summed E-state index contributed by atoms with van der Waals surface area (Å²) in [6.07, 6.45) is 1.52. The van der Waals surface area contributed by atoms with E-state index in [-0.39, 0.29) is 6.42 Å². The fourth-order valence-corrected chi connectivity index (χ4v) is 1.61. The highest BCUT2D eigenvalue weighted by Crippen LogP contribution is 2.16. The van der Waals surface area contributed by atoms with Gasteiger partial charge in [-0.2, -0.15) is 0 Å². The van der Waals surface area contributed by atoms with Crippen LogP contribution in [0.4, 0.5) is 8.78 Å². The van der Waals surface area contributed by atoms with Crippen LogP contribution in [-0.4, -0.2) is 11.1 Å². The molecule has 0 aliphatic heterocycles. The van der Waals surface area contributed by atoms with E-state index < -0.39 is 23.5 Å². The lowest BCUT2D eigenvalue weighted by atomic mass is 9.95. The number of carbonyl (C=O) groups is 1. The number of carboxylic acids is 1. The van der Waals surface area contributed by atoms with Crippen LogP contribution in [0.5, 0.6) is 0 Å². The van der Waals surface area contributed by atoms with Gasteiger partial charge in [0.1, 0.15) is 0 Å². The number of hydrogen-bond acceptors (Lipinski definition) is 1. The van der Waals surface area contributed by atoms with Crippen molar-refractivity contribution in [1.82, 2.24) is 0 Å².